The van der Waals surface area contributed by atoms with E-state index in [2.05, 4.69) is 9.72 Å². The van der Waals surface area contributed by atoms with Gasteiger partial charge < -0.3 is 4.74 Å². The summed E-state index contributed by atoms with van der Waals surface area (Å²) in [6, 6.07) is 2.40. The third kappa shape index (κ3) is 3.94. The third-order valence-electron chi connectivity index (χ3n) is 1.73. The van der Waals surface area contributed by atoms with Crippen LogP contribution in [0.1, 0.15) is 17.7 Å². The van der Waals surface area contributed by atoms with Crippen molar-refractivity contribution in [3.63, 3.8) is 0 Å². The van der Waals surface area contributed by atoms with Gasteiger partial charge in [0, 0.05) is 0 Å². The van der Waals surface area contributed by atoms with E-state index in [9.17, 15) is 22.0 Å². The van der Waals surface area contributed by atoms with E-state index in [1.165, 1.54) is 22.6 Å². The number of hydrogen-bond acceptors (Lipinski definition) is 3. The van der Waals surface area contributed by atoms with E-state index >= 15 is 0 Å². The van der Waals surface area contributed by atoms with E-state index in [0.717, 1.165) is 6.07 Å². The van der Waals surface area contributed by atoms with Crippen LogP contribution in [0, 0.1) is 15.0 Å². The first-order chi connectivity index (χ1) is 8.24. The van der Waals surface area contributed by atoms with Crippen molar-refractivity contribution < 1.29 is 26.7 Å². The number of pyridine rings is 1. The maximum atomic E-state index is 12.6. The van der Waals surface area contributed by atoms with Crippen molar-refractivity contribution in [1.82, 2.24) is 4.98 Å². The average molecular weight is 378 g/mol. The van der Waals surface area contributed by atoms with Gasteiger partial charge in [-0.1, -0.05) is 0 Å². The van der Waals surface area contributed by atoms with Crippen LogP contribution in [0.15, 0.2) is 6.07 Å². The highest BCUT2D eigenvalue weighted by Crippen LogP contribution is 2.36. The fraction of sp³-hybridized carbons (Fsp3) is 0.333. The second kappa shape index (κ2) is 5.64. The highest BCUT2D eigenvalue weighted by molar-refractivity contribution is 14.1. The molecule has 1 rings (SSSR count). The fourth-order valence-electron chi connectivity index (χ4n) is 1.12. The van der Waals surface area contributed by atoms with Gasteiger partial charge in [0.1, 0.15) is 3.70 Å². The average Bonchev–Trinajstić information content (AvgIpc) is 2.20. The van der Waals surface area contributed by atoms with Crippen LogP contribution in [0.2, 0.25) is 0 Å². The quantitative estimate of drug-likeness (QED) is 0.459. The molecule has 0 atom stereocenters. The number of nitrogens with zero attached hydrogens (tertiary/aromatic N) is 2. The second-order valence-electron chi connectivity index (χ2n) is 3.01. The van der Waals surface area contributed by atoms with Crippen molar-refractivity contribution in [2.75, 3.05) is 0 Å². The monoisotopic (exact) mass is 378 g/mol. The number of ether oxygens (including phenoxy) is 1. The number of aromatic nitrogens is 1. The van der Waals surface area contributed by atoms with Crippen molar-refractivity contribution >= 4 is 22.6 Å². The van der Waals surface area contributed by atoms with E-state index in [1.807, 2.05) is 0 Å². The van der Waals surface area contributed by atoms with Crippen LogP contribution in [-0.2, 0) is 6.42 Å². The molecule has 0 aromatic carbocycles. The zero-order valence-electron chi connectivity index (χ0n) is 8.43. The maximum Gasteiger partial charge on any atom is 0.573 e. The predicted octanol–water partition coefficient (Wildman–Crippen LogP) is 3.59. The zero-order chi connectivity index (χ0) is 13.9. The van der Waals surface area contributed by atoms with E-state index in [0.29, 0.717) is 0 Å². The summed E-state index contributed by atoms with van der Waals surface area (Å²) >= 11 is 1.35. The maximum absolute atomic E-state index is 12.6. The molecule has 0 saturated heterocycles. The number of nitriles is 1. The summed E-state index contributed by atoms with van der Waals surface area (Å²) in [4.78, 5) is 3.60. The van der Waals surface area contributed by atoms with Gasteiger partial charge in [-0.3, -0.25) is 0 Å². The van der Waals surface area contributed by atoms with Crippen LogP contribution in [0.3, 0.4) is 0 Å². The molecule has 9 heteroatoms. The Morgan fingerprint density at radius 1 is 1.44 bits per heavy atom. The van der Waals surface area contributed by atoms with Crippen molar-refractivity contribution in [2.24, 2.45) is 0 Å². The molecule has 3 nitrogen and oxygen atoms in total. The lowest BCUT2D eigenvalue weighted by Gasteiger charge is -2.14. The normalized spacial score (nSPS) is 11.4. The summed E-state index contributed by atoms with van der Waals surface area (Å²) in [7, 11) is 0. The lowest BCUT2D eigenvalue weighted by Crippen LogP contribution is -2.19. The van der Waals surface area contributed by atoms with Crippen LogP contribution in [0.25, 0.3) is 0 Å². The summed E-state index contributed by atoms with van der Waals surface area (Å²) in [6.45, 7) is 0. The Labute approximate surface area is 112 Å². The minimum atomic E-state index is -5.08. The van der Waals surface area contributed by atoms with Gasteiger partial charge in [0.2, 0.25) is 0 Å². The summed E-state index contributed by atoms with van der Waals surface area (Å²) in [5.74, 6) is -1.03. The first kappa shape index (κ1) is 14.9. The van der Waals surface area contributed by atoms with Gasteiger partial charge >= 0.3 is 6.36 Å². The predicted molar refractivity (Wildman–Crippen MR) is 57.9 cm³/mol. The molecule has 0 fully saturated rings. The Morgan fingerprint density at radius 2 is 2.06 bits per heavy atom. The zero-order valence-corrected chi connectivity index (χ0v) is 10.6. The lowest BCUT2D eigenvalue weighted by atomic mass is 10.2. The molecule has 18 heavy (non-hydrogen) atoms. The highest BCUT2D eigenvalue weighted by atomic mass is 127. The number of alkyl halides is 5. The van der Waals surface area contributed by atoms with Gasteiger partial charge in [-0.15, -0.1) is 13.2 Å². The van der Waals surface area contributed by atoms with Gasteiger partial charge in [0.05, 0.1) is 23.7 Å². The molecule has 1 aromatic heterocycles. The Kier molecular flexibility index (Phi) is 4.66. The Hall–Kier alpha value is -1.18. The van der Waals surface area contributed by atoms with Crippen LogP contribution < -0.4 is 4.74 Å². The largest absolute Gasteiger partial charge is 0.573 e. The van der Waals surface area contributed by atoms with Gasteiger partial charge in [0.15, 0.2) is 5.75 Å². The number of rotatable bonds is 3. The fourth-order valence-corrected chi connectivity index (χ4v) is 1.86. The smallest absolute Gasteiger partial charge is 0.402 e. The standard InChI is InChI=1S/C9H4F5IN2O/c10-7(11)5-3-4(1-2-16)17-8(15)6(5)18-9(12,13)14/h3,7H,1H2. The molecule has 1 aromatic rings. The van der Waals surface area contributed by atoms with Crippen molar-refractivity contribution in [1.29, 1.82) is 5.26 Å². The Balaban J connectivity index is 3.28. The molecule has 0 aliphatic heterocycles. The van der Waals surface area contributed by atoms with Gasteiger partial charge in [0.25, 0.3) is 6.43 Å². The van der Waals surface area contributed by atoms with Crippen molar-refractivity contribution in [3.05, 3.63) is 21.0 Å². The number of halogens is 6. The van der Waals surface area contributed by atoms with E-state index in [1.54, 1.807) is 6.07 Å². The Bertz CT molecular complexity index is 483. The first-order valence-electron chi connectivity index (χ1n) is 4.34. The molecule has 0 bridgehead atoms. The molecular weight excluding hydrogens is 374 g/mol. The van der Waals surface area contributed by atoms with Gasteiger partial charge in [-0.05, 0) is 28.7 Å². The molecule has 0 N–H and O–H groups in total. The number of hydrogen-bond donors (Lipinski definition) is 0. The molecule has 1 heterocycles. The highest BCUT2D eigenvalue weighted by Gasteiger charge is 2.35. The SMILES string of the molecule is N#CCc1cc(C(F)F)c(OC(F)(F)F)c(I)n1. The topological polar surface area (TPSA) is 45.9 Å². The van der Waals surface area contributed by atoms with Gasteiger partial charge in [-0.25, -0.2) is 13.8 Å². The molecule has 0 radical (unpaired) electrons. The van der Waals surface area contributed by atoms with Crippen molar-refractivity contribution in [2.45, 2.75) is 19.2 Å². The molecule has 0 saturated carbocycles. The van der Waals surface area contributed by atoms with Crippen LogP contribution >= 0.6 is 22.6 Å². The molecular formula is C9H4F5IN2O. The summed E-state index contributed by atoms with van der Waals surface area (Å²) in [6.07, 6.45) is -8.51. The Morgan fingerprint density at radius 3 is 2.50 bits per heavy atom. The minimum Gasteiger partial charge on any atom is -0.402 e. The minimum absolute atomic E-state index is 0.0354. The second-order valence-corrected chi connectivity index (χ2v) is 4.03. The summed E-state index contributed by atoms with van der Waals surface area (Å²) in [5, 5.41) is 8.40. The van der Waals surface area contributed by atoms with Gasteiger partial charge in [-0.2, -0.15) is 5.26 Å². The van der Waals surface area contributed by atoms with E-state index < -0.39 is 24.1 Å². The first-order valence-corrected chi connectivity index (χ1v) is 5.42. The molecule has 0 unspecified atom stereocenters. The van der Waals surface area contributed by atoms with Crippen molar-refractivity contribution in [3.8, 4) is 11.8 Å². The van der Waals surface area contributed by atoms with E-state index in [-0.39, 0.29) is 15.8 Å². The molecule has 98 valence electrons. The summed E-state index contributed by atoms with van der Waals surface area (Å²) in [5.41, 5.74) is -0.969. The van der Waals surface area contributed by atoms with Crippen LogP contribution in [-0.4, -0.2) is 11.3 Å². The van der Waals surface area contributed by atoms with Crippen LogP contribution in [0.5, 0.6) is 5.75 Å². The van der Waals surface area contributed by atoms with E-state index in [4.69, 9.17) is 5.26 Å². The summed E-state index contributed by atoms with van der Waals surface area (Å²) < 4.78 is 64.6. The van der Waals surface area contributed by atoms with Crippen LogP contribution in [0.4, 0.5) is 22.0 Å². The third-order valence-corrected chi connectivity index (χ3v) is 2.46. The molecule has 0 spiro atoms. The molecule has 0 amide bonds. The lowest BCUT2D eigenvalue weighted by molar-refractivity contribution is -0.275. The molecule has 0 aliphatic carbocycles. The molecule has 0 aliphatic rings.